The number of rotatable bonds is 5. The number of cyclic esters (lactones) is 1. The Morgan fingerprint density at radius 1 is 0.903 bits per heavy atom. The predicted octanol–water partition coefficient (Wildman–Crippen LogP) is 2.42. The number of esters is 2. The second-order valence-electron chi connectivity index (χ2n) is 7.35. The fourth-order valence-electron chi connectivity index (χ4n) is 4.00. The van der Waals surface area contributed by atoms with Crippen LogP contribution in [0, 0.1) is 11.8 Å². The molecule has 3 heterocycles. The van der Waals surface area contributed by atoms with E-state index in [2.05, 4.69) is 0 Å². The van der Waals surface area contributed by atoms with Crippen LogP contribution in [0.1, 0.15) is 28.9 Å². The quantitative estimate of drug-likeness (QED) is 0.405. The van der Waals surface area contributed by atoms with Crippen molar-refractivity contribution in [3.8, 4) is 23.0 Å². The predicted molar refractivity (Wildman–Crippen MR) is 102 cm³/mol. The Hall–Kier alpha value is -3.75. The maximum atomic E-state index is 13.3. The zero-order valence-electron chi connectivity index (χ0n) is 16.5. The number of hydrogen-bond acceptors (Lipinski definition) is 9. The third-order valence-corrected chi connectivity index (χ3v) is 5.45. The Morgan fingerprint density at radius 3 is 2.26 bits per heavy atom. The average molecular weight is 426 g/mol. The van der Waals surface area contributed by atoms with E-state index in [-0.39, 0.29) is 25.8 Å². The van der Waals surface area contributed by atoms with Gasteiger partial charge in [-0.25, -0.2) is 0 Å². The van der Waals surface area contributed by atoms with Gasteiger partial charge in [0.2, 0.25) is 13.6 Å². The van der Waals surface area contributed by atoms with E-state index >= 15 is 0 Å². The standard InChI is InChI=1S/C22H18O9/c1-11(23)31-21(13-3-5-16-18(7-13)30-10-28-16)14-8-26-22(25)19(14)20(24)12-2-4-15-17(6-12)29-9-27-15/h2-7,14,19,21H,8-10H2,1H3. The lowest BCUT2D eigenvalue weighted by atomic mass is 9.82. The van der Waals surface area contributed by atoms with E-state index in [1.165, 1.54) is 13.0 Å². The van der Waals surface area contributed by atoms with Crippen molar-refractivity contribution in [3.05, 3.63) is 47.5 Å². The van der Waals surface area contributed by atoms with E-state index in [4.69, 9.17) is 28.4 Å². The van der Waals surface area contributed by atoms with Gasteiger partial charge >= 0.3 is 11.9 Å². The first kappa shape index (κ1) is 19.2. The summed E-state index contributed by atoms with van der Waals surface area (Å²) in [5, 5.41) is 0. The molecule has 0 aliphatic carbocycles. The van der Waals surface area contributed by atoms with Crippen LogP contribution in [-0.4, -0.2) is 37.9 Å². The van der Waals surface area contributed by atoms with E-state index in [1.807, 2.05) is 0 Å². The molecule has 0 amide bonds. The van der Waals surface area contributed by atoms with Gasteiger partial charge in [-0.3, -0.25) is 14.4 Å². The number of carbonyl (C=O) groups is 3. The van der Waals surface area contributed by atoms with E-state index < -0.39 is 35.7 Å². The summed E-state index contributed by atoms with van der Waals surface area (Å²) >= 11 is 0. The maximum Gasteiger partial charge on any atom is 0.317 e. The van der Waals surface area contributed by atoms with Crippen LogP contribution in [-0.2, 0) is 19.1 Å². The van der Waals surface area contributed by atoms with E-state index in [0.29, 0.717) is 28.6 Å². The Morgan fingerprint density at radius 2 is 1.55 bits per heavy atom. The number of fused-ring (bicyclic) bond motifs is 2. The van der Waals surface area contributed by atoms with Gasteiger partial charge in [-0.05, 0) is 35.9 Å². The lowest BCUT2D eigenvalue weighted by Crippen LogP contribution is -2.31. The molecule has 1 fully saturated rings. The number of ether oxygens (including phenoxy) is 6. The number of hydrogen-bond donors (Lipinski definition) is 0. The van der Waals surface area contributed by atoms with Crippen molar-refractivity contribution in [3.63, 3.8) is 0 Å². The summed E-state index contributed by atoms with van der Waals surface area (Å²) in [7, 11) is 0. The minimum atomic E-state index is -1.14. The lowest BCUT2D eigenvalue weighted by molar-refractivity contribution is -0.150. The highest BCUT2D eigenvalue weighted by Gasteiger charge is 2.48. The van der Waals surface area contributed by atoms with Crippen LogP contribution in [0.25, 0.3) is 0 Å². The highest BCUT2D eigenvalue weighted by molar-refractivity contribution is 6.10. The normalized spacial score (nSPS) is 21.5. The van der Waals surface area contributed by atoms with Gasteiger partial charge in [0.1, 0.15) is 12.0 Å². The van der Waals surface area contributed by atoms with Gasteiger partial charge in [0.05, 0.1) is 12.5 Å². The average Bonchev–Trinajstić information content (AvgIpc) is 3.49. The molecule has 0 bridgehead atoms. The van der Waals surface area contributed by atoms with Crippen molar-refractivity contribution in [1.82, 2.24) is 0 Å². The first-order chi connectivity index (χ1) is 15.0. The molecular formula is C22H18O9. The minimum absolute atomic E-state index is 0.0633. The lowest BCUT2D eigenvalue weighted by Gasteiger charge is -2.25. The van der Waals surface area contributed by atoms with Crippen LogP contribution in [0.15, 0.2) is 36.4 Å². The van der Waals surface area contributed by atoms with Crippen molar-refractivity contribution in [1.29, 1.82) is 0 Å². The molecule has 0 saturated carbocycles. The smallest absolute Gasteiger partial charge is 0.317 e. The van der Waals surface area contributed by atoms with Crippen molar-refractivity contribution in [2.24, 2.45) is 11.8 Å². The topological polar surface area (TPSA) is 107 Å². The Balaban J connectivity index is 1.49. The molecule has 0 N–H and O–H groups in total. The minimum Gasteiger partial charge on any atom is -0.465 e. The Labute approximate surface area is 176 Å². The molecule has 1 saturated heterocycles. The molecule has 0 aromatic heterocycles. The molecule has 3 aliphatic rings. The summed E-state index contributed by atoms with van der Waals surface area (Å²) in [6, 6.07) is 9.81. The van der Waals surface area contributed by atoms with Crippen molar-refractivity contribution >= 4 is 17.7 Å². The molecule has 9 heteroatoms. The molecule has 0 spiro atoms. The summed E-state index contributed by atoms with van der Waals surface area (Å²) in [6.07, 6.45) is -0.888. The summed E-state index contributed by atoms with van der Waals surface area (Å²) in [6.45, 7) is 1.37. The molecule has 0 radical (unpaired) electrons. The second kappa shape index (κ2) is 7.50. The van der Waals surface area contributed by atoms with Crippen molar-refractivity contribution in [2.75, 3.05) is 20.2 Å². The molecule has 2 aromatic rings. The van der Waals surface area contributed by atoms with Crippen LogP contribution in [0.4, 0.5) is 0 Å². The molecule has 2 aromatic carbocycles. The first-order valence-electron chi connectivity index (χ1n) is 9.68. The zero-order chi connectivity index (χ0) is 21.5. The van der Waals surface area contributed by atoms with Crippen LogP contribution in [0.2, 0.25) is 0 Å². The third-order valence-electron chi connectivity index (χ3n) is 5.45. The first-order valence-corrected chi connectivity index (χ1v) is 9.68. The van der Waals surface area contributed by atoms with E-state index in [1.54, 1.807) is 30.3 Å². The molecule has 3 aliphatic heterocycles. The van der Waals surface area contributed by atoms with Gasteiger partial charge < -0.3 is 28.4 Å². The SMILES string of the molecule is CC(=O)OC(c1ccc2c(c1)OCO2)C1COC(=O)C1C(=O)c1ccc2c(c1)OCO2. The van der Waals surface area contributed by atoms with Crippen LogP contribution < -0.4 is 18.9 Å². The van der Waals surface area contributed by atoms with E-state index in [9.17, 15) is 14.4 Å². The Kier molecular flexibility index (Phi) is 4.65. The van der Waals surface area contributed by atoms with Crippen molar-refractivity contribution in [2.45, 2.75) is 13.0 Å². The molecule has 160 valence electrons. The number of Topliss-reactive ketones (excluding diaryl/α,β-unsaturated/α-hetero) is 1. The number of ketones is 1. The van der Waals surface area contributed by atoms with Gasteiger partial charge in [0.15, 0.2) is 28.8 Å². The van der Waals surface area contributed by atoms with Crippen LogP contribution in [0.3, 0.4) is 0 Å². The zero-order valence-corrected chi connectivity index (χ0v) is 16.5. The largest absolute Gasteiger partial charge is 0.465 e. The van der Waals surface area contributed by atoms with Gasteiger partial charge in [-0.15, -0.1) is 0 Å². The number of benzene rings is 2. The molecule has 3 unspecified atom stereocenters. The van der Waals surface area contributed by atoms with Crippen LogP contribution >= 0.6 is 0 Å². The Bertz CT molecular complexity index is 1080. The summed E-state index contributed by atoms with van der Waals surface area (Å²) in [5.41, 5.74) is 0.858. The molecule has 5 rings (SSSR count). The highest BCUT2D eigenvalue weighted by Crippen LogP contribution is 2.42. The molecular weight excluding hydrogens is 408 g/mol. The van der Waals surface area contributed by atoms with Crippen LogP contribution in [0.5, 0.6) is 23.0 Å². The van der Waals surface area contributed by atoms with Crippen molar-refractivity contribution < 1.29 is 42.8 Å². The second-order valence-corrected chi connectivity index (χ2v) is 7.35. The molecule has 9 nitrogen and oxygen atoms in total. The fraction of sp³-hybridized carbons (Fsp3) is 0.318. The van der Waals surface area contributed by atoms with E-state index in [0.717, 1.165) is 0 Å². The number of carbonyl (C=O) groups excluding carboxylic acids is 3. The molecule has 3 atom stereocenters. The van der Waals surface area contributed by atoms with Gasteiger partial charge in [-0.2, -0.15) is 0 Å². The molecule has 31 heavy (non-hydrogen) atoms. The third kappa shape index (κ3) is 3.41. The van der Waals surface area contributed by atoms with Gasteiger partial charge in [-0.1, -0.05) is 6.07 Å². The maximum absolute atomic E-state index is 13.3. The summed E-state index contributed by atoms with van der Waals surface area (Å²) < 4.78 is 32.1. The highest BCUT2D eigenvalue weighted by atomic mass is 16.7. The fourth-order valence-corrected chi connectivity index (χ4v) is 4.00. The summed E-state index contributed by atoms with van der Waals surface area (Å²) in [5.74, 6) is -1.48. The summed E-state index contributed by atoms with van der Waals surface area (Å²) in [4.78, 5) is 37.7. The van der Waals surface area contributed by atoms with Gasteiger partial charge in [0.25, 0.3) is 0 Å². The van der Waals surface area contributed by atoms with Gasteiger partial charge in [0, 0.05) is 12.5 Å². The monoisotopic (exact) mass is 426 g/mol.